The molecule has 9 heteroatoms. The fraction of sp³-hybridized carbons (Fsp3) is 0.478. The molecule has 0 saturated heterocycles. The number of aryl methyl sites for hydroxylation is 1. The SMILES string of the molecule is CC(C)[C@@H](NC(=O)COc1ccc2c3c(c(=O)oc2c1)CCCC3)C(=O)N[C@H](C)C(=O)O. The Kier molecular flexibility index (Phi) is 7.17. The van der Waals surface area contributed by atoms with Gasteiger partial charge in [-0.3, -0.25) is 14.4 Å². The lowest BCUT2D eigenvalue weighted by Crippen LogP contribution is -2.53. The predicted molar refractivity (Wildman–Crippen MR) is 117 cm³/mol. The van der Waals surface area contributed by atoms with Gasteiger partial charge in [-0.15, -0.1) is 0 Å². The molecule has 1 aromatic carbocycles. The van der Waals surface area contributed by atoms with E-state index in [0.29, 0.717) is 11.3 Å². The highest BCUT2D eigenvalue weighted by atomic mass is 16.5. The van der Waals surface area contributed by atoms with Crippen molar-refractivity contribution >= 4 is 28.8 Å². The zero-order chi connectivity index (χ0) is 23.4. The Bertz CT molecular complexity index is 1090. The van der Waals surface area contributed by atoms with Crippen molar-refractivity contribution in [3.8, 4) is 5.75 Å². The molecule has 0 fully saturated rings. The summed E-state index contributed by atoms with van der Waals surface area (Å²) in [5, 5.41) is 14.8. The van der Waals surface area contributed by atoms with Crippen molar-refractivity contribution in [3.05, 3.63) is 39.7 Å². The molecule has 2 aromatic rings. The van der Waals surface area contributed by atoms with Gasteiger partial charge in [0.15, 0.2) is 6.61 Å². The van der Waals surface area contributed by atoms with Crippen LogP contribution in [0.15, 0.2) is 27.4 Å². The maximum Gasteiger partial charge on any atom is 0.339 e. The zero-order valence-electron chi connectivity index (χ0n) is 18.4. The number of amides is 2. The van der Waals surface area contributed by atoms with E-state index in [1.54, 1.807) is 26.0 Å². The molecule has 1 aromatic heterocycles. The van der Waals surface area contributed by atoms with Crippen molar-refractivity contribution in [2.24, 2.45) is 5.92 Å². The molecule has 2 amide bonds. The van der Waals surface area contributed by atoms with Gasteiger partial charge in [0.25, 0.3) is 5.91 Å². The molecule has 3 N–H and O–H groups in total. The van der Waals surface area contributed by atoms with Gasteiger partial charge >= 0.3 is 11.6 Å². The maximum atomic E-state index is 12.4. The van der Waals surface area contributed by atoms with E-state index in [4.69, 9.17) is 14.3 Å². The standard InChI is InChI=1S/C23H28N2O7/c1-12(2)20(21(27)24-13(3)22(28)29)25-19(26)11-31-14-8-9-16-15-6-4-5-7-17(15)23(30)32-18(16)10-14/h8-10,12-13,20H,4-7,11H2,1-3H3,(H,24,27)(H,25,26)(H,28,29)/t13-,20-/m1/s1. The van der Waals surface area contributed by atoms with Crippen molar-refractivity contribution in [2.75, 3.05) is 6.61 Å². The number of aliphatic carboxylic acids is 1. The summed E-state index contributed by atoms with van der Waals surface area (Å²) in [6.45, 7) is 4.47. The number of hydrogen-bond acceptors (Lipinski definition) is 6. The number of ether oxygens (including phenoxy) is 1. The van der Waals surface area contributed by atoms with Crippen LogP contribution in [0.2, 0.25) is 0 Å². The number of nitrogens with one attached hydrogen (secondary N) is 2. The van der Waals surface area contributed by atoms with Gasteiger partial charge in [0.1, 0.15) is 23.4 Å². The second kappa shape index (κ2) is 9.84. The van der Waals surface area contributed by atoms with Crippen LogP contribution in [0.1, 0.15) is 44.7 Å². The van der Waals surface area contributed by atoms with E-state index in [1.807, 2.05) is 6.07 Å². The van der Waals surface area contributed by atoms with E-state index in [1.165, 1.54) is 6.92 Å². The van der Waals surface area contributed by atoms with Crippen LogP contribution in [0, 0.1) is 5.92 Å². The van der Waals surface area contributed by atoms with Gasteiger partial charge in [0, 0.05) is 17.0 Å². The third-order valence-corrected chi connectivity index (χ3v) is 5.56. The summed E-state index contributed by atoms with van der Waals surface area (Å²) >= 11 is 0. The molecule has 0 radical (unpaired) electrons. The minimum Gasteiger partial charge on any atom is -0.484 e. The second-order valence-electron chi connectivity index (χ2n) is 8.36. The Morgan fingerprint density at radius 3 is 2.44 bits per heavy atom. The highest BCUT2D eigenvalue weighted by molar-refractivity contribution is 5.91. The molecule has 0 aliphatic heterocycles. The summed E-state index contributed by atoms with van der Waals surface area (Å²) in [6.07, 6.45) is 3.56. The lowest BCUT2D eigenvalue weighted by molar-refractivity contribution is -0.142. The molecule has 1 aliphatic carbocycles. The first-order chi connectivity index (χ1) is 15.2. The largest absolute Gasteiger partial charge is 0.484 e. The first kappa shape index (κ1) is 23.3. The quantitative estimate of drug-likeness (QED) is 0.528. The molecule has 172 valence electrons. The third kappa shape index (κ3) is 5.27. The predicted octanol–water partition coefficient (Wildman–Crippen LogP) is 1.78. The van der Waals surface area contributed by atoms with Crippen LogP contribution in [0.4, 0.5) is 0 Å². The summed E-state index contributed by atoms with van der Waals surface area (Å²) in [6, 6.07) is 3.14. The number of carboxylic acid groups (broad SMARTS) is 1. The number of hydrogen-bond donors (Lipinski definition) is 3. The molecular formula is C23H28N2O7. The summed E-state index contributed by atoms with van der Waals surface area (Å²) in [4.78, 5) is 47.9. The highest BCUT2D eigenvalue weighted by Crippen LogP contribution is 2.29. The molecule has 2 atom stereocenters. The Labute approximate surface area is 185 Å². The highest BCUT2D eigenvalue weighted by Gasteiger charge is 2.27. The van der Waals surface area contributed by atoms with Crippen LogP contribution in [0.3, 0.4) is 0 Å². The third-order valence-electron chi connectivity index (χ3n) is 5.56. The summed E-state index contributed by atoms with van der Waals surface area (Å²) < 4.78 is 11.0. The molecule has 0 spiro atoms. The number of carboxylic acids is 1. The van der Waals surface area contributed by atoms with Crippen molar-refractivity contribution in [3.63, 3.8) is 0 Å². The summed E-state index contributed by atoms with van der Waals surface area (Å²) in [5.41, 5.74) is 1.85. The van der Waals surface area contributed by atoms with Crippen LogP contribution in [0.25, 0.3) is 11.0 Å². The van der Waals surface area contributed by atoms with Crippen LogP contribution in [0.5, 0.6) is 5.75 Å². The van der Waals surface area contributed by atoms with Crippen molar-refractivity contribution in [1.29, 1.82) is 0 Å². The average molecular weight is 444 g/mol. The average Bonchev–Trinajstić information content (AvgIpc) is 2.75. The Morgan fingerprint density at radius 2 is 1.78 bits per heavy atom. The first-order valence-electron chi connectivity index (χ1n) is 10.7. The molecule has 32 heavy (non-hydrogen) atoms. The molecule has 1 aliphatic rings. The van der Waals surface area contributed by atoms with Gasteiger partial charge in [0.2, 0.25) is 5.91 Å². The Morgan fingerprint density at radius 1 is 1.09 bits per heavy atom. The molecule has 0 unspecified atom stereocenters. The topological polar surface area (TPSA) is 135 Å². The summed E-state index contributed by atoms with van der Waals surface area (Å²) in [5.74, 6) is -2.19. The van der Waals surface area contributed by atoms with Gasteiger partial charge in [-0.2, -0.15) is 0 Å². The summed E-state index contributed by atoms with van der Waals surface area (Å²) in [7, 11) is 0. The van der Waals surface area contributed by atoms with Crippen molar-refractivity contribution in [1.82, 2.24) is 10.6 Å². The van der Waals surface area contributed by atoms with Gasteiger partial charge in [-0.1, -0.05) is 13.8 Å². The minimum atomic E-state index is -1.17. The lowest BCUT2D eigenvalue weighted by Gasteiger charge is -2.23. The van der Waals surface area contributed by atoms with Gasteiger partial charge in [0.05, 0.1) is 0 Å². The van der Waals surface area contributed by atoms with Crippen molar-refractivity contribution < 1.29 is 28.6 Å². The number of rotatable bonds is 8. The van der Waals surface area contributed by atoms with Gasteiger partial charge in [-0.05, 0) is 56.2 Å². The van der Waals surface area contributed by atoms with E-state index in [-0.39, 0.29) is 18.2 Å². The fourth-order valence-electron chi connectivity index (χ4n) is 3.78. The monoisotopic (exact) mass is 444 g/mol. The number of carbonyl (C=O) groups is 3. The lowest BCUT2D eigenvalue weighted by atomic mass is 9.91. The van der Waals surface area contributed by atoms with Crippen LogP contribution >= 0.6 is 0 Å². The van der Waals surface area contributed by atoms with E-state index < -0.39 is 29.9 Å². The Hall–Kier alpha value is -3.36. The molecule has 0 saturated carbocycles. The van der Waals surface area contributed by atoms with E-state index >= 15 is 0 Å². The molecule has 0 bridgehead atoms. The zero-order valence-corrected chi connectivity index (χ0v) is 18.4. The molecule has 9 nitrogen and oxygen atoms in total. The van der Waals surface area contributed by atoms with E-state index in [0.717, 1.165) is 42.2 Å². The van der Waals surface area contributed by atoms with E-state index in [9.17, 15) is 19.2 Å². The Balaban J connectivity index is 1.66. The molecule has 1 heterocycles. The van der Waals surface area contributed by atoms with Crippen LogP contribution in [-0.2, 0) is 27.2 Å². The maximum absolute atomic E-state index is 12.4. The number of benzene rings is 1. The molecular weight excluding hydrogens is 416 g/mol. The normalized spacial score (nSPS) is 15.0. The second-order valence-corrected chi connectivity index (χ2v) is 8.36. The van der Waals surface area contributed by atoms with Crippen molar-refractivity contribution in [2.45, 2.75) is 58.5 Å². The van der Waals surface area contributed by atoms with Gasteiger partial charge < -0.3 is 24.9 Å². The van der Waals surface area contributed by atoms with Gasteiger partial charge in [-0.25, -0.2) is 4.79 Å². The van der Waals surface area contributed by atoms with Crippen LogP contribution in [-0.4, -0.2) is 41.6 Å². The van der Waals surface area contributed by atoms with Crippen LogP contribution < -0.4 is 21.0 Å². The number of carbonyl (C=O) groups excluding carboxylic acids is 2. The van der Waals surface area contributed by atoms with E-state index in [2.05, 4.69) is 10.6 Å². The smallest absolute Gasteiger partial charge is 0.339 e. The molecule has 3 rings (SSSR count). The minimum absolute atomic E-state index is 0.263. The number of fused-ring (bicyclic) bond motifs is 3. The first-order valence-corrected chi connectivity index (χ1v) is 10.7. The fourth-order valence-corrected chi connectivity index (χ4v) is 3.78.